The summed E-state index contributed by atoms with van der Waals surface area (Å²) < 4.78 is 56.2. The Balaban J connectivity index is 0.000000254. The fraction of sp³-hybridized carbons (Fsp3) is 0.179. The Morgan fingerprint density at radius 2 is 0.981 bits per heavy atom. The minimum absolute atomic E-state index is 0.0214. The first-order valence-corrected chi connectivity index (χ1v) is 19.0. The van der Waals surface area contributed by atoms with E-state index in [1.54, 1.807) is 76.2 Å². The Labute approximate surface area is 315 Å². The van der Waals surface area contributed by atoms with Crippen LogP contribution in [-0.4, -0.2) is 56.1 Å². The van der Waals surface area contributed by atoms with Crippen LogP contribution >= 0.6 is 0 Å². The summed E-state index contributed by atoms with van der Waals surface area (Å²) in [5.74, 6) is 0.718. The van der Waals surface area contributed by atoms with E-state index in [1.165, 1.54) is 69.4 Å². The van der Waals surface area contributed by atoms with Gasteiger partial charge in [0.1, 0.15) is 28.7 Å². The van der Waals surface area contributed by atoms with Crippen LogP contribution in [0.25, 0.3) is 0 Å². The largest absolute Gasteiger partial charge is 0.508 e. The molecule has 13 nitrogen and oxygen atoms in total. The summed E-state index contributed by atoms with van der Waals surface area (Å²) in [6.45, 7) is 9.64. The number of anilines is 1. The lowest BCUT2D eigenvalue weighted by atomic mass is 10.1. The molecule has 0 aliphatic heterocycles. The van der Waals surface area contributed by atoms with Crippen LogP contribution in [0.15, 0.2) is 113 Å². The van der Waals surface area contributed by atoms with Crippen molar-refractivity contribution in [1.29, 1.82) is 0 Å². The number of carbonyl (C=O) groups excluding carboxylic acids is 2. The van der Waals surface area contributed by atoms with Crippen molar-refractivity contribution in [3.05, 3.63) is 131 Å². The van der Waals surface area contributed by atoms with Crippen molar-refractivity contribution in [2.45, 2.75) is 51.3 Å². The summed E-state index contributed by atoms with van der Waals surface area (Å²) in [6, 6.07) is 26.4. The maximum Gasteiger partial charge on any atom is 0.308 e. The number of hydrogen-bond donors (Lipinski definition) is 6. The SMILES string of the molecule is CC(=O)Oc1ccc(O)c(C)c1.CC(=O)c1ccc(O)c(C)c1.CNS(=O)(=O)c1ccc(O)c(C)c1.Cc1cc(S(=O)(=O)Nc2ccccc2)ccc1O. The third-order valence-electron chi connectivity index (χ3n) is 7.29. The minimum atomic E-state index is -3.61. The number of phenolic OH excluding ortho intramolecular Hbond substituents is 4. The topological polar surface area (TPSA) is 217 Å². The Morgan fingerprint density at radius 1 is 0.556 bits per heavy atom. The molecule has 5 rings (SSSR count). The molecule has 0 saturated carbocycles. The van der Waals surface area contributed by atoms with Crippen molar-refractivity contribution in [2.75, 3.05) is 11.8 Å². The van der Waals surface area contributed by atoms with E-state index in [9.17, 15) is 31.5 Å². The number of Topliss-reactive ketones (excluding diaryl/α,β-unsaturated/α-hetero) is 1. The number of carbonyl (C=O) groups is 2. The Morgan fingerprint density at radius 3 is 1.39 bits per heavy atom. The predicted molar refractivity (Wildman–Crippen MR) is 206 cm³/mol. The molecule has 6 N–H and O–H groups in total. The molecule has 0 atom stereocenters. The molecule has 5 aromatic rings. The molecule has 5 aromatic carbocycles. The van der Waals surface area contributed by atoms with Gasteiger partial charge in [-0.05, 0) is 149 Å². The number of phenols is 4. The summed E-state index contributed by atoms with van der Waals surface area (Å²) in [7, 11) is -5.67. The molecule has 0 aliphatic carbocycles. The minimum Gasteiger partial charge on any atom is -0.508 e. The molecular weight excluding hydrogens is 737 g/mol. The maximum atomic E-state index is 12.1. The number of rotatable bonds is 7. The zero-order chi connectivity index (χ0) is 40.8. The smallest absolute Gasteiger partial charge is 0.308 e. The zero-order valence-electron chi connectivity index (χ0n) is 30.8. The molecule has 0 fully saturated rings. The molecule has 0 bridgehead atoms. The predicted octanol–water partition coefficient (Wildman–Crippen LogP) is 6.64. The lowest BCUT2D eigenvalue weighted by Gasteiger charge is -2.09. The van der Waals surface area contributed by atoms with Gasteiger partial charge in [0.05, 0.1) is 9.79 Å². The molecule has 15 heteroatoms. The van der Waals surface area contributed by atoms with Crippen LogP contribution in [0.5, 0.6) is 28.7 Å². The van der Waals surface area contributed by atoms with E-state index in [1.807, 2.05) is 6.07 Å². The number of para-hydroxylation sites is 1. The van der Waals surface area contributed by atoms with Gasteiger partial charge >= 0.3 is 5.97 Å². The molecule has 0 aliphatic rings. The van der Waals surface area contributed by atoms with Gasteiger partial charge in [-0.2, -0.15) is 0 Å². The average Bonchev–Trinajstić information content (AvgIpc) is 3.10. The van der Waals surface area contributed by atoms with Crippen LogP contribution in [0.2, 0.25) is 0 Å². The second kappa shape index (κ2) is 19.8. The lowest BCUT2D eigenvalue weighted by molar-refractivity contribution is -0.131. The monoisotopic (exact) mass is 780 g/mol. The molecule has 0 amide bonds. The molecule has 0 spiro atoms. The third-order valence-corrected chi connectivity index (χ3v) is 10.1. The van der Waals surface area contributed by atoms with Crippen LogP contribution < -0.4 is 14.2 Å². The van der Waals surface area contributed by atoms with E-state index in [2.05, 4.69) is 9.44 Å². The number of sulfonamides is 2. The molecule has 0 saturated heterocycles. The number of hydrogen-bond acceptors (Lipinski definition) is 11. The fourth-order valence-electron chi connectivity index (χ4n) is 4.16. The quantitative estimate of drug-likeness (QED) is 0.0585. The van der Waals surface area contributed by atoms with Crippen molar-refractivity contribution in [1.82, 2.24) is 4.72 Å². The third kappa shape index (κ3) is 13.9. The highest BCUT2D eigenvalue weighted by Crippen LogP contribution is 2.23. The van der Waals surface area contributed by atoms with Crippen LogP contribution in [0, 0.1) is 27.7 Å². The van der Waals surface area contributed by atoms with Crippen LogP contribution in [0.1, 0.15) is 46.5 Å². The van der Waals surface area contributed by atoms with Crippen molar-refractivity contribution >= 4 is 37.5 Å². The summed E-state index contributed by atoms with van der Waals surface area (Å²) in [5.41, 5.74) is 3.62. The number of benzene rings is 5. The van der Waals surface area contributed by atoms with Gasteiger partial charge < -0.3 is 25.2 Å². The van der Waals surface area contributed by atoms with Crippen molar-refractivity contribution in [3.8, 4) is 28.7 Å². The molecular formula is C39H44N2O11S2. The summed E-state index contributed by atoms with van der Waals surface area (Å²) in [4.78, 5) is 21.6. The van der Waals surface area contributed by atoms with Gasteiger partial charge in [0.15, 0.2) is 5.78 Å². The normalized spacial score (nSPS) is 10.6. The standard InChI is InChI=1S/C13H13NO3S.C9H10O3.C9H10O2.C8H11NO3S/c1-10-9-12(7-8-13(10)15)18(16,17)14-11-5-3-2-4-6-11;1-6-5-8(12-7(2)10)3-4-9(6)11;1-6-5-8(7(2)10)3-4-9(6)11;1-6-5-7(3-4-8(6)10)13(11,12)9-2/h2-9,14-15H,1H3;3-5,11H,1-2H3;3-5,11H,1-2H3;3-5,9-10H,1-2H3. The molecule has 0 radical (unpaired) electrons. The number of aryl methyl sites for hydroxylation is 4. The van der Waals surface area contributed by atoms with E-state index in [4.69, 9.17) is 20.1 Å². The van der Waals surface area contributed by atoms with Gasteiger partial charge in [-0.3, -0.25) is 14.3 Å². The van der Waals surface area contributed by atoms with Crippen molar-refractivity contribution in [2.24, 2.45) is 0 Å². The van der Waals surface area contributed by atoms with E-state index in [-0.39, 0.29) is 44.5 Å². The van der Waals surface area contributed by atoms with E-state index < -0.39 is 20.0 Å². The van der Waals surface area contributed by atoms with Gasteiger partial charge in [0.25, 0.3) is 10.0 Å². The number of aromatic hydroxyl groups is 4. The second-order valence-corrected chi connectivity index (χ2v) is 15.2. The average molecular weight is 781 g/mol. The highest BCUT2D eigenvalue weighted by molar-refractivity contribution is 7.92. The molecule has 0 unspecified atom stereocenters. The Hall–Kier alpha value is -5.90. The number of ketones is 1. The molecule has 0 heterocycles. The summed E-state index contributed by atoms with van der Waals surface area (Å²) in [6.07, 6.45) is 0. The van der Waals surface area contributed by atoms with Gasteiger partial charge in [-0.15, -0.1) is 0 Å². The second-order valence-electron chi connectivity index (χ2n) is 11.7. The lowest BCUT2D eigenvalue weighted by Crippen LogP contribution is -2.18. The first-order valence-electron chi connectivity index (χ1n) is 16.1. The zero-order valence-corrected chi connectivity index (χ0v) is 32.4. The van der Waals surface area contributed by atoms with Gasteiger partial charge in [-0.1, -0.05) is 18.2 Å². The highest BCUT2D eigenvalue weighted by atomic mass is 32.2. The number of esters is 1. The Kier molecular flexibility index (Phi) is 16.2. The van der Waals surface area contributed by atoms with E-state index in [0.29, 0.717) is 33.7 Å². The van der Waals surface area contributed by atoms with Gasteiger partial charge in [0.2, 0.25) is 10.0 Å². The van der Waals surface area contributed by atoms with Gasteiger partial charge in [0, 0.05) is 18.2 Å². The summed E-state index contributed by atoms with van der Waals surface area (Å²) >= 11 is 0. The van der Waals surface area contributed by atoms with E-state index in [0.717, 1.165) is 5.56 Å². The van der Waals surface area contributed by atoms with Crippen molar-refractivity contribution < 1.29 is 51.6 Å². The van der Waals surface area contributed by atoms with Crippen LogP contribution in [0.4, 0.5) is 5.69 Å². The van der Waals surface area contributed by atoms with Crippen LogP contribution in [0.3, 0.4) is 0 Å². The maximum absolute atomic E-state index is 12.1. The molecule has 288 valence electrons. The number of ether oxygens (including phenoxy) is 1. The van der Waals surface area contributed by atoms with Crippen LogP contribution in [-0.2, 0) is 24.8 Å². The highest BCUT2D eigenvalue weighted by Gasteiger charge is 2.15. The first kappa shape index (κ1) is 44.3. The number of nitrogens with one attached hydrogen (secondary N) is 2. The molecule has 0 aromatic heterocycles. The van der Waals surface area contributed by atoms with Crippen molar-refractivity contribution in [3.63, 3.8) is 0 Å². The fourth-order valence-corrected chi connectivity index (χ4v) is 6.12. The van der Waals surface area contributed by atoms with Gasteiger partial charge in [-0.25, -0.2) is 21.6 Å². The molecule has 54 heavy (non-hydrogen) atoms. The Bertz CT molecular complexity index is 2290. The summed E-state index contributed by atoms with van der Waals surface area (Å²) in [5, 5.41) is 36.8. The first-order chi connectivity index (χ1) is 25.2. The van der Waals surface area contributed by atoms with E-state index >= 15 is 0 Å².